The van der Waals surface area contributed by atoms with Gasteiger partial charge in [-0.15, -0.1) is 0 Å². The number of hydrogen-bond acceptors (Lipinski definition) is 7. The summed E-state index contributed by atoms with van der Waals surface area (Å²) in [6.07, 6.45) is 2.32. The molecule has 0 saturated carbocycles. The van der Waals surface area contributed by atoms with Crippen molar-refractivity contribution in [3.8, 4) is 0 Å². The van der Waals surface area contributed by atoms with Crippen LogP contribution in [0.25, 0.3) is 0 Å². The fraction of sp³-hybridized carbons (Fsp3) is 0.500. The summed E-state index contributed by atoms with van der Waals surface area (Å²) in [5, 5.41) is 17.1. The third-order valence-electron chi connectivity index (χ3n) is 2.63. The highest BCUT2D eigenvalue weighted by Gasteiger charge is 2.01. The summed E-state index contributed by atoms with van der Waals surface area (Å²) in [5.74, 6) is 0. The summed E-state index contributed by atoms with van der Waals surface area (Å²) in [6.45, 7) is 4.24. The molecule has 0 heterocycles. The lowest BCUT2D eigenvalue weighted by atomic mass is 10.1. The first-order valence-electron chi connectivity index (χ1n) is 7.09. The zero-order chi connectivity index (χ0) is 17.5. The molecule has 0 fully saturated rings. The maximum absolute atomic E-state index is 9.93. The number of carbonyl (C=O) groups excluding carboxylic acids is 2. The number of aliphatic hydroxyl groups is 2. The highest BCUT2D eigenvalue weighted by molar-refractivity contribution is 5.37. The monoisotopic (exact) mass is 322 g/mol. The maximum Gasteiger partial charge on any atom is 0.235 e. The molecule has 0 spiro atoms. The fourth-order valence-corrected chi connectivity index (χ4v) is 1.46. The lowest BCUT2D eigenvalue weighted by Gasteiger charge is -2.10. The van der Waals surface area contributed by atoms with Crippen molar-refractivity contribution in [1.29, 1.82) is 0 Å². The first-order valence-corrected chi connectivity index (χ1v) is 7.09. The molecule has 2 atom stereocenters. The summed E-state index contributed by atoms with van der Waals surface area (Å²) in [4.78, 5) is 26.8. The number of hydrogen-bond donors (Lipinski definition) is 2. The van der Waals surface area contributed by atoms with Crippen LogP contribution in [0.1, 0.15) is 25.0 Å². The summed E-state index contributed by atoms with van der Waals surface area (Å²) in [7, 11) is 0. The van der Waals surface area contributed by atoms with Gasteiger partial charge in [0.15, 0.2) is 0 Å². The fourth-order valence-electron chi connectivity index (χ4n) is 1.46. The molecule has 7 heteroatoms. The molecule has 0 radical (unpaired) electrons. The van der Waals surface area contributed by atoms with E-state index in [2.05, 4.69) is 9.98 Å². The van der Waals surface area contributed by atoms with E-state index >= 15 is 0 Å². The summed E-state index contributed by atoms with van der Waals surface area (Å²) in [6, 6.07) is 7.33. The van der Waals surface area contributed by atoms with Crippen molar-refractivity contribution in [2.45, 2.75) is 39.1 Å². The van der Waals surface area contributed by atoms with Gasteiger partial charge in [-0.05, 0) is 25.0 Å². The molecule has 23 heavy (non-hydrogen) atoms. The Morgan fingerprint density at radius 3 is 1.91 bits per heavy atom. The molecule has 0 aliphatic rings. The van der Waals surface area contributed by atoms with Crippen molar-refractivity contribution in [2.75, 3.05) is 13.2 Å². The SMILES string of the molecule is CC(O)COC(C)CO.O=C=NCc1ccccc1CN=C=O. The van der Waals surface area contributed by atoms with E-state index in [0.29, 0.717) is 6.61 Å². The Morgan fingerprint density at radius 2 is 1.57 bits per heavy atom. The van der Waals surface area contributed by atoms with Crippen LogP contribution in [-0.4, -0.2) is 47.8 Å². The van der Waals surface area contributed by atoms with E-state index in [0.717, 1.165) is 11.1 Å². The molecule has 0 saturated heterocycles. The van der Waals surface area contributed by atoms with Gasteiger partial charge in [0.2, 0.25) is 12.2 Å². The number of nitrogens with zero attached hydrogens (tertiary/aromatic N) is 2. The zero-order valence-corrected chi connectivity index (χ0v) is 13.3. The van der Waals surface area contributed by atoms with E-state index in [1.165, 1.54) is 12.2 Å². The van der Waals surface area contributed by atoms with Crippen LogP contribution >= 0.6 is 0 Å². The van der Waals surface area contributed by atoms with Crippen molar-refractivity contribution in [3.63, 3.8) is 0 Å². The van der Waals surface area contributed by atoms with Gasteiger partial charge in [-0.25, -0.2) is 19.6 Å². The van der Waals surface area contributed by atoms with Crippen LogP contribution in [0.5, 0.6) is 0 Å². The van der Waals surface area contributed by atoms with Crippen LogP contribution in [0.3, 0.4) is 0 Å². The molecule has 0 bridgehead atoms. The number of benzene rings is 1. The van der Waals surface area contributed by atoms with Crippen molar-refractivity contribution >= 4 is 12.2 Å². The van der Waals surface area contributed by atoms with Gasteiger partial charge in [-0.1, -0.05) is 24.3 Å². The predicted octanol–water partition coefficient (Wildman–Crippen LogP) is 1.12. The van der Waals surface area contributed by atoms with Crippen LogP contribution in [0.2, 0.25) is 0 Å². The van der Waals surface area contributed by atoms with Gasteiger partial charge in [-0.3, -0.25) is 0 Å². The summed E-state index contributed by atoms with van der Waals surface area (Å²) < 4.78 is 4.95. The molecular formula is C16H22N2O5. The van der Waals surface area contributed by atoms with Crippen LogP contribution in [-0.2, 0) is 27.4 Å². The van der Waals surface area contributed by atoms with Crippen molar-refractivity contribution in [2.24, 2.45) is 9.98 Å². The molecule has 126 valence electrons. The number of rotatable bonds is 8. The molecule has 0 aliphatic heterocycles. The van der Waals surface area contributed by atoms with Gasteiger partial charge in [0, 0.05) is 0 Å². The lowest BCUT2D eigenvalue weighted by Crippen LogP contribution is -2.19. The zero-order valence-electron chi connectivity index (χ0n) is 13.3. The molecule has 1 rings (SSSR count). The predicted molar refractivity (Wildman–Crippen MR) is 84.3 cm³/mol. The number of aliphatic imine (C=N–C) groups is 2. The van der Waals surface area contributed by atoms with Crippen LogP contribution in [0.4, 0.5) is 0 Å². The Balaban J connectivity index is 0.000000468. The minimum absolute atomic E-state index is 0.00667. The Kier molecular flexibility index (Phi) is 12.3. The van der Waals surface area contributed by atoms with Gasteiger partial charge in [0.05, 0.1) is 38.5 Å². The molecule has 2 unspecified atom stereocenters. The summed E-state index contributed by atoms with van der Waals surface area (Å²) >= 11 is 0. The average Bonchev–Trinajstić information content (AvgIpc) is 2.57. The normalized spacial score (nSPS) is 12.0. The number of ether oxygens (including phenoxy) is 1. The van der Waals surface area contributed by atoms with Crippen LogP contribution < -0.4 is 0 Å². The largest absolute Gasteiger partial charge is 0.394 e. The number of isocyanates is 2. The second-order valence-corrected chi connectivity index (χ2v) is 4.76. The second kappa shape index (κ2) is 13.5. The first kappa shape index (κ1) is 20.9. The molecule has 0 aliphatic carbocycles. The maximum atomic E-state index is 9.93. The Bertz CT molecular complexity index is 496. The molecular weight excluding hydrogens is 300 g/mol. The van der Waals surface area contributed by atoms with Crippen LogP contribution in [0.15, 0.2) is 34.3 Å². The smallest absolute Gasteiger partial charge is 0.235 e. The van der Waals surface area contributed by atoms with E-state index in [1.807, 2.05) is 24.3 Å². The standard InChI is InChI=1S/C10H8N2O2.C6H14O3/c13-7-11-5-9-3-1-2-4-10(9)6-12-8-14;1-5(8)4-9-6(2)3-7/h1-4H,5-6H2;5-8H,3-4H2,1-2H3. The molecule has 0 amide bonds. The quantitative estimate of drug-likeness (QED) is 0.551. The molecule has 1 aromatic rings. The van der Waals surface area contributed by atoms with Crippen molar-refractivity contribution in [1.82, 2.24) is 0 Å². The average molecular weight is 322 g/mol. The van der Waals surface area contributed by atoms with Gasteiger partial charge < -0.3 is 14.9 Å². The lowest BCUT2D eigenvalue weighted by molar-refractivity contribution is -0.0177. The van der Waals surface area contributed by atoms with Gasteiger partial charge in [0.1, 0.15) is 0 Å². The summed E-state index contributed by atoms with van der Waals surface area (Å²) in [5.41, 5.74) is 1.74. The third kappa shape index (κ3) is 11.1. The highest BCUT2D eigenvalue weighted by Crippen LogP contribution is 2.10. The van der Waals surface area contributed by atoms with E-state index in [-0.39, 0.29) is 25.8 Å². The van der Waals surface area contributed by atoms with E-state index in [1.54, 1.807) is 13.8 Å². The third-order valence-corrected chi connectivity index (χ3v) is 2.63. The Hall–Kier alpha value is -2.14. The van der Waals surface area contributed by atoms with Crippen molar-refractivity contribution < 1.29 is 24.5 Å². The highest BCUT2D eigenvalue weighted by atomic mass is 16.5. The van der Waals surface area contributed by atoms with E-state index < -0.39 is 6.10 Å². The Morgan fingerprint density at radius 1 is 1.09 bits per heavy atom. The Labute approximate surface area is 135 Å². The molecule has 7 nitrogen and oxygen atoms in total. The molecule has 1 aromatic carbocycles. The van der Waals surface area contributed by atoms with E-state index in [4.69, 9.17) is 14.9 Å². The second-order valence-electron chi connectivity index (χ2n) is 4.76. The van der Waals surface area contributed by atoms with Gasteiger partial charge >= 0.3 is 0 Å². The molecule has 2 N–H and O–H groups in total. The van der Waals surface area contributed by atoms with E-state index in [9.17, 15) is 9.59 Å². The number of aliphatic hydroxyl groups excluding tert-OH is 2. The minimum Gasteiger partial charge on any atom is -0.394 e. The van der Waals surface area contributed by atoms with Gasteiger partial charge in [0.25, 0.3) is 0 Å². The van der Waals surface area contributed by atoms with Crippen molar-refractivity contribution in [3.05, 3.63) is 35.4 Å². The minimum atomic E-state index is -0.445. The molecule has 0 aromatic heterocycles. The topological polar surface area (TPSA) is 109 Å². The van der Waals surface area contributed by atoms with Gasteiger partial charge in [-0.2, -0.15) is 0 Å². The first-order chi connectivity index (χ1) is 11.0. The van der Waals surface area contributed by atoms with Crippen LogP contribution in [0, 0.1) is 0 Å².